The van der Waals surface area contributed by atoms with E-state index < -0.39 is 45.5 Å². The lowest BCUT2D eigenvalue weighted by atomic mass is 9.87. The molecule has 6 nitrogen and oxygen atoms in total. The number of aliphatic hydroxyl groups is 1. The van der Waals surface area contributed by atoms with Crippen LogP contribution in [0.15, 0.2) is 53.4 Å². The van der Waals surface area contributed by atoms with Gasteiger partial charge >= 0.3 is 6.18 Å². The number of halogens is 4. The second-order valence-electron chi connectivity index (χ2n) is 10.5. The molecule has 1 aromatic heterocycles. The molecule has 0 spiro atoms. The van der Waals surface area contributed by atoms with Crippen LogP contribution in [0.2, 0.25) is 0 Å². The Kier molecular flexibility index (Phi) is 6.31. The molecule has 1 aliphatic heterocycles. The fraction of sp³-hybridized carbons (Fsp3) is 0.346. The van der Waals surface area contributed by atoms with Crippen LogP contribution in [-0.2, 0) is 33.8 Å². The minimum atomic E-state index is -4.73. The van der Waals surface area contributed by atoms with Gasteiger partial charge in [0.25, 0.3) is 10.0 Å². The Morgan fingerprint density at radius 3 is 2.11 bits per heavy atom. The number of fused-ring (bicyclic) bond motifs is 2. The summed E-state index contributed by atoms with van der Waals surface area (Å²) >= 11 is 0. The van der Waals surface area contributed by atoms with Gasteiger partial charge in [-0.05, 0) is 49.1 Å². The van der Waals surface area contributed by atoms with Crippen molar-refractivity contribution in [3.05, 3.63) is 76.7 Å². The Labute approximate surface area is 213 Å². The molecular formula is C26H27F4N3O3S. The Morgan fingerprint density at radius 2 is 1.57 bits per heavy atom. The van der Waals surface area contributed by atoms with Crippen molar-refractivity contribution in [3.8, 4) is 0 Å². The number of aromatic nitrogens is 1. The van der Waals surface area contributed by atoms with Crippen molar-refractivity contribution in [2.75, 3.05) is 9.62 Å². The lowest BCUT2D eigenvalue weighted by Crippen LogP contribution is -2.32. The molecule has 2 heterocycles. The number of sulfonamides is 1. The maximum absolute atomic E-state index is 15.9. The van der Waals surface area contributed by atoms with E-state index in [1.54, 1.807) is 12.1 Å². The zero-order valence-corrected chi connectivity index (χ0v) is 21.7. The van der Waals surface area contributed by atoms with E-state index in [2.05, 4.69) is 10.3 Å². The minimum Gasteiger partial charge on any atom is -0.386 e. The van der Waals surface area contributed by atoms with E-state index >= 15 is 4.39 Å². The van der Waals surface area contributed by atoms with E-state index in [4.69, 9.17) is 0 Å². The molecule has 2 aromatic carbocycles. The van der Waals surface area contributed by atoms with Gasteiger partial charge in [0.05, 0.1) is 22.7 Å². The number of nitrogens with zero attached hydrogens (tertiary/aromatic N) is 2. The van der Waals surface area contributed by atoms with E-state index in [0.29, 0.717) is 0 Å². The predicted octanol–water partition coefficient (Wildman–Crippen LogP) is 6.22. The summed E-state index contributed by atoms with van der Waals surface area (Å²) in [4.78, 5) is 3.52. The van der Waals surface area contributed by atoms with Crippen molar-refractivity contribution in [1.82, 2.24) is 4.98 Å². The number of pyridine rings is 1. The molecule has 4 rings (SSSR count). The summed E-state index contributed by atoms with van der Waals surface area (Å²) < 4.78 is 84.5. The first-order valence-corrected chi connectivity index (χ1v) is 12.9. The number of rotatable bonds is 3. The van der Waals surface area contributed by atoms with Crippen LogP contribution in [0, 0.1) is 5.82 Å². The Hall–Kier alpha value is -3.18. The number of hydrogen-bond acceptors (Lipinski definition) is 5. The van der Waals surface area contributed by atoms with Crippen molar-refractivity contribution >= 4 is 27.2 Å². The smallest absolute Gasteiger partial charge is 0.386 e. The molecule has 0 unspecified atom stereocenters. The molecular weight excluding hydrogens is 510 g/mol. The summed E-state index contributed by atoms with van der Waals surface area (Å²) in [5.41, 5.74) is -2.79. The molecule has 0 bridgehead atoms. The van der Waals surface area contributed by atoms with Crippen molar-refractivity contribution < 1.29 is 31.1 Å². The average Bonchev–Trinajstić information content (AvgIpc) is 2.94. The first-order valence-electron chi connectivity index (χ1n) is 11.4. The van der Waals surface area contributed by atoms with Crippen LogP contribution in [0.1, 0.15) is 57.0 Å². The molecule has 37 heavy (non-hydrogen) atoms. The summed E-state index contributed by atoms with van der Waals surface area (Å²) in [7, 11) is -4.41. The van der Waals surface area contributed by atoms with Crippen molar-refractivity contribution in [3.63, 3.8) is 0 Å². The highest BCUT2D eigenvalue weighted by molar-refractivity contribution is 7.92. The highest BCUT2D eigenvalue weighted by Gasteiger charge is 2.38. The van der Waals surface area contributed by atoms with Gasteiger partial charge in [0.1, 0.15) is 17.2 Å². The maximum Gasteiger partial charge on any atom is 0.433 e. The molecule has 0 fully saturated rings. The van der Waals surface area contributed by atoms with E-state index in [0.717, 1.165) is 22.0 Å². The van der Waals surface area contributed by atoms with Crippen LogP contribution in [0.25, 0.3) is 0 Å². The molecule has 11 heteroatoms. The van der Waals surface area contributed by atoms with Gasteiger partial charge in [-0.2, -0.15) is 13.2 Å². The first kappa shape index (κ1) is 26.9. The number of benzene rings is 2. The van der Waals surface area contributed by atoms with Crippen LogP contribution in [0.3, 0.4) is 0 Å². The van der Waals surface area contributed by atoms with Gasteiger partial charge in [-0.1, -0.05) is 45.0 Å². The average molecular weight is 538 g/mol. The first-order chi connectivity index (χ1) is 16.9. The summed E-state index contributed by atoms with van der Waals surface area (Å²) in [6.45, 7) is 8.12. The second kappa shape index (κ2) is 8.70. The lowest BCUT2D eigenvalue weighted by molar-refractivity contribution is -0.141. The quantitative estimate of drug-likeness (QED) is 0.388. The minimum absolute atomic E-state index is 0.106. The topological polar surface area (TPSA) is 82.5 Å². The third kappa shape index (κ3) is 5.02. The van der Waals surface area contributed by atoms with Crippen molar-refractivity contribution in [2.45, 2.75) is 63.3 Å². The fourth-order valence-electron chi connectivity index (χ4n) is 4.08. The number of hydrogen-bond donors (Lipinski definition) is 2. The number of nitrogens with one attached hydrogen (secondary N) is 1. The monoisotopic (exact) mass is 537 g/mol. The van der Waals surface area contributed by atoms with E-state index in [-0.39, 0.29) is 32.9 Å². The van der Waals surface area contributed by atoms with Crippen LogP contribution in [0.5, 0.6) is 0 Å². The third-order valence-corrected chi connectivity index (χ3v) is 7.93. The Morgan fingerprint density at radius 1 is 0.946 bits per heavy atom. The zero-order chi connectivity index (χ0) is 27.6. The number of anilines is 3. The second-order valence-corrected chi connectivity index (χ2v) is 12.4. The highest BCUT2D eigenvalue weighted by atomic mass is 32.2. The standard InChI is InChI=1S/C26H27F4N3O3S/c1-24(2,3)16-7-9-17(10-8-16)37(35,36)33-14-15-6-13-20(26(28,29)30)32-23(15)31-19-12-11-18(25(4,5)34)21(27)22(19)33/h6-13,34H,14H2,1-5H3,(H,31,32). The molecule has 2 N–H and O–H groups in total. The van der Waals surface area contributed by atoms with Crippen LogP contribution in [0.4, 0.5) is 34.8 Å². The van der Waals surface area contributed by atoms with Gasteiger partial charge in [-0.25, -0.2) is 17.8 Å². The maximum atomic E-state index is 15.9. The SMILES string of the molecule is CC(C)(C)c1ccc(S(=O)(=O)N2Cc3ccc(C(F)(F)F)nc3Nc3ccc(C(C)(C)O)c(F)c32)cc1. The Balaban J connectivity index is 1.94. The summed E-state index contributed by atoms with van der Waals surface area (Å²) in [6, 6.07) is 10.6. The molecule has 0 aliphatic carbocycles. The van der Waals surface area contributed by atoms with Gasteiger partial charge in [0.2, 0.25) is 0 Å². The van der Waals surface area contributed by atoms with Crippen molar-refractivity contribution in [2.24, 2.45) is 0 Å². The fourth-order valence-corrected chi connectivity index (χ4v) is 5.55. The van der Waals surface area contributed by atoms with Gasteiger partial charge in [-0.3, -0.25) is 4.31 Å². The van der Waals surface area contributed by atoms with Gasteiger partial charge < -0.3 is 10.4 Å². The highest BCUT2D eigenvalue weighted by Crippen LogP contribution is 2.43. The van der Waals surface area contributed by atoms with E-state index in [1.807, 2.05) is 20.8 Å². The van der Waals surface area contributed by atoms with E-state index in [9.17, 15) is 26.7 Å². The summed E-state index contributed by atoms with van der Waals surface area (Å²) in [6.07, 6.45) is -4.73. The third-order valence-electron chi connectivity index (χ3n) is 6.17. The van der Waals surface area contributed by atoms with Crippen LogP contribution >= 0.6 is 0 Å². The molecule has 0 saturated heterocycles. The molecule has 0 radical (unpaired) electrons. The molecule has 198 valence electrons. The Bertz CT molecular complexity index is 1460. The molecule has 0 amide bonds. The van der Waals surface area contributed by atoms with Gasteiger partial charge in [0.15, 0.2) is 5.82 Å². The normalized spacial score (nSPS) is 14.5. The summed E-state index contributed by atoms with van der Waals surface area (Å²) in [5.74, 6) is -1.26. The lowest BCUT2D eigenvalue weighted by Gasteiger charge is -2.28. The molecule has 1 aliphatic rings. The van der Waals surface area contributed by atoms with Crippen LogP contribution in [-0.4, -0.2) is 18.5 Å². The van der Waals surface area contributed by atoms with Gasteiger partial charge in [0, 0.05) is 11.1 Å². The molecule has 3 aromatic rings. The van der Waals surface area contributed by atoms with Crippen LogP contribution < -0.4 is 9.62 Å². The number of alkyl halides is 3. The van der Waals surface area contributed by atoms with E-state index in [1.165, 1.54) is 38.1 Å². The summed E-state index contributed by atoms with van der Waals surface area (Å²) in [5, 5.41) is 13.2. The largest absolute Gasteiger partial charge is 0.433 e. The zero-order valence-electron chi connectivity index (χ0n) is 20.9. The predicted molar refractivity (Wildman–Crippen MR) is 133 cm³/mol. The van der Waals surface area contributed by atoms with Gasteiger partial charge in [-0.15, -0.1) is 0 Å². The molecule has 0 saturated carbocycles. The van der Waals surface area contributed by atoms with Crippen molar-refractivity contribution in [1.29, 1.82) is 0 Å². The molecule has 0 atom stereocenters.